The van der Waals surface area contributed by atoms with Gasteiger partial charge in [-0.25, -0.2) is 4.98 Å². The number of carbonyl (C=O) groups excluding carboxylic acids is 1. The molecule has 1 saturated carbocycles. The molecular formula is C14H16Cl2N2O3. The van der Waals surface area contributed by atoms with Crippen LogP contribution in [0.5, 0.6) is 0 Å². The zero-order valence-corrected chi connectivity index (χ0v) is 13.0. The number of carboxylic acids is 1. The predicted molar refractivity (Wildman–Crippen MR) is 79.7 cm³/mol. The van der Waals surface area contributed by atoms with Crippen LogP contribution in [-0.4, -0.2) is 28.0 Å². The Morgan fingerprint density at radius 3 is 2.76 bits per heavy atom. The zero-order valence-electron chi connectivity index (χ0n) is 11.5. The number of aromatic nitrogens is 1. The van der Waals surface area contributed by atoms with Crippen LogP contribution >= 0.6 is 23.2 Å². The van der Waals surface area contributed by atoms with E-state index in [0.717, 1.165) is 12.8 Å². The smallest absolute Gasteiger partial charge is 0.311 e. The number of nitrogens with zero attached hydrogens (tertiary/aromatic N) is 1. The minimum absolute atomic E-state index is 0.0162. The Labute approximate surface area is 132 Å². The van der Waals surface area contributed by atoms with Crippen LogP contribution in [0.15, 0.2) is 12.1 Å². The number of pyridine rings is 1. The van der Waals surface area contributed by atoms with E-state index in [0.29, 0.717) is 12.8 Å². The van der Waals surface area contributed by atoms with Crippen LogP contribution in [-0.2, 0) is 4.79 Å². The van der Waals surface area contributed by atoms with Crippen molar-refractivity contribution in [2.45, 2.75) is 38.6 Å². The van der Waals surface area contributed by atoms with Crippen LogP contribution in [0.25, 0.3) is 0 Å². The molecule has 1 fully saturated rings. The summed E-state index contributed by atoms with van der Waals surface area (Å²) in [6.45, 7) is 1.66. The molecule has 1 aromatic heterocycles. The van der Waals surface area contributed by atoms with Gasteiger partial charge < -0.3 is 10.4 Å². The fraction of sp³-hybridized carbons (Fsp3) is 0.500. The largest absolute Gasteiger partial charge is 0.481 e. The molecular weight excluding hydrogens is 315 g/mol. The summed E-state index contributed by atoms with van der Waals surface area (Å²) in [7, 11) is 0. The second kappa shape index (κ2) is 6.20. The van der Waals surface area contributed by atoms with Gasteiger partial charge in [-0.3, -0.25) is 9.59 Å². The molecule has 1 aliphatic rings. The van der Waals surface area contributed by atoms with Crippen molar-refractivity contribution in [3.05, 3.63) is 28.0 Å². The molecule has 1 heterocycles. The third-order valence-electron chi connectivity index (χ3n) is 4.03. The summed E-state index contributed by atoms with van der Waals surface area (Å²) < 4.78 is 0. The minimum atomic E-state index is -0.973. The van der Waals surface area contributed by atoms with E-state index >= 15 is 0 Å². The summed E-state index contributed by atoms with van der Waals surface area (Å²) in [4.78, 5) is 27.7. The fourth-order valence-electron chi connectivity index (χ4n) is 2.63. The van der Waals surface area contributed by atoms with Crippen LogP contribution in [0.4, 0.5) is 0 Å². The van der Waals surface area contributed by atoms with E-state index in [1.54, 1.807) is 6.92 Å². The molecule has 1 amide bonds. The molecule has 0 radical (unpaired) electrons. The first-order valence-electron chi connectivity index (χ1n) is 6.71. The van der Waals surface area contributed by atoms with Gasteiger partial charge in [-0.05, 0) is 31.9 Å². The lowest BCUT2D eigenvalue weighted by Gasteiger charge is -2.38. The van der Waals surface area contributed by atoms with Crippen LogP contribution in [0.1, 0.15) is 43.1 Å². The summed E-state index contributed by atoms with van der Waals surface area (Å²) in [5.41, 5.74) is -0.957. The Bertz CT molecular complexity index is 579. The summed E-state index contributed by atoms with van der Waals surface area (Å²) in [6, 6.07) is 2.53. The maximum absolute atomic E-state index is 12.3. The lowest BCUT2D eigenvalue weighted by atomic mass is 9.71. The quantitative estimate of drug-likeness (QED) is 0.834. The third kappa shape index (κ3) is 3.30. The van der Waals surface area contributed by atoms with Crippen molar-refractivity contribution in [3.63, 3.8) is 0 Å². The molecule has 2 unspecified atom stereocenters. The Morgan fingerprint density at radius 2 is 2.10 bits per heavy atom. The van der Waals surface area contributed by atoms with E-state index < -0.39 is 23.3 Å². The number of carbonyl (C=O) groups is 2. The van der Waals surface area contributed by atoms with Crippen molar-refractivity contribution in [1.82, 2.24) is 10.3 Å². The maximum Gasteiger partial charge on any atom is 0.311 e. The average Bonchev–Trinajstić information content (AvgIpc) is 2.43. The molecule has 2 rings (SSSR count). The predicted octanol–water partition coefficient (Wildman–Crippen LogP) is 3.15. The highest BCUT2D eigenvalue weighted by Gasteiger charge is 2.44. The molecule has 0 saturated heterocycles. The summed E-state index contributed by atoms with van der Waals surface area (Å²) in [5, 5.41) is 12.5. The molecule has 0 aromatic carbocycles. The van der Waals surface area contributed by atoms with Gasteiger partial charge in [0.05, 0.1) is 10.4 Å². The molecule has 0 aliphatic heterocycles. The molecule has 0 spiro atoms. The first kappa shape index (κ1) is 16.0. The number of carboxylic acid groups (broad SMARTS) is 1. The molecule has 7 heteroatoms. The van der Waals surface area contributed by atoms with Gasteiger partial charge in [0.25, 0.3) is 5.91 Å². The molecule has 21 heavy (non-hydrogen) atoms. The number of amides is 1. The van der Waals surface area contributed by atoms with Crippen LogP contribution in [0.3, 0.4) is 0 Å². The van der Waals surface area contributed by atoms with Crippen molar-refractivity contribution in [2.75, 3.05) is 0 Å². The first-order chi connectivity index (χ1) is 9.84. The van der Waals surface area contributed by atoms with E-state index in [1.807, 2.05) is 0 Å². The van der Waals surface area contributed by atoms with Gasteiger partial charge in [-0.2, -0.15) is 0 Å². The lowest BCUT2D eigenvalue weighted by Crippen LogP contribution is -2.52. The number of halogens is 2. The highest BCUT2D eigenvalue weighted by atomic mass is 35.5. The van der Waals surface area contributed by atoms with E-state index in [9.17, 15) is 14.7 Å². The van der Waals surface area contributed by atoms with Crippen LogP contribution in [0.2, 0.25) is 10.2 Å². The highest BCUT2D eigenvalue weighted by Crippen LogP contribution is 2.36. The number of hydrogen-bond acceptors (Lipinski definition) is 3. The Hall–Kier alpha value is -1.33. The summed E-state index contributed by atoms with van der Waals surface area (Å²) in [5.74, 6) is -1.40. The second-order valence-electron chi connectivity index (χ2n) is 5.46. The van der Waals surface area contributed by atoms with Gasteiger partial charge >= 0.3 is 5.97 Å². The SMILES string of the molecule is CC1(C(=O)O)CCCCC1NC(=O)c1nc(Cl)ccc1Cl. The van der Waals surface area contributed by atoms with Gasteiger partial charge in [0, 0.05) is 6.04 Å². The molecule has 114 valence electrons. The van der Waals surface area contributed by atoms with Crippen molar-refractivity contribution in [3.8, 4) is 0 Å². The third-order valence-corrected chi connectivity index (χ3v) is 4.54. The van der Waals surface area contributed by atoms with Gasteiger partial charge in [0.2, 0.25) is 0 Å². The van der Waals surface area contributed by atoms with Crippen molar-refractivity contribution < 1.29 is 14.7 Å². The lowest BCUT2D eigenvalue weighted by molar-refractivity contribution is -0.151. The van der Waals surface area contributed by atoms with Crippen molar-refractivity contribution in [1.29, 1.82) is 0 Å². The average molecular weight is 331 g/mol. The molecule has 1 aromatic rings. The number of rotatable bonds is 3. The topological polar surface area (TPSA) is 79.3 Å². The van der Waals surface area contributed by atoms with Crippen molar-refractivity contribution >= 4 is 35.1 Å². The van der Waals surface area contributed by atoms with Gasteiger partial charge in [0.1, 0.15) is 10.8 Å². The van der Waals surface area contributed by atoms with Gasteiger partial charge in [-0.15, -0.1) is 0 Å². The zero-order chi connectivity index (χ0) is 15.6. The molecule has 2 atom stereocenters. The van der Waals surface area contributed by atoms with E-state index in [-0.39, 0.29) is 15.9 Å². The molecule has 5 nitrogen and oxygen atoms in total. The number of hydrogen-bond donors (Lipinski definition) is 2. The summed E-state index contributed by atoms with van der Waals surface area (Å²) >= 11 is 11.7. The van der Waals surface area contributed by atoms with Crippen LogP contribution in [0, 0.1) is 5.41 Å². The standard InChI is InChI=1S/C14H16Cl2N2O3/c1-14(13(20)21)7-3-2-4-9(14)17-12(19)11-8(15)5-6-10(16)18-11/h5-6,9H,2-4,7H2,1H3,(H,17,19)(H,20,21). The Kier molecular flexibility index (Phi) is 4.74. The van der Waals surface area contributed by atoms with Gasteiger partial charge in [0.15, 0.2) is 0 Å². The second-order valence-corrected chi connectivity index (χ2v) is 6.25. The van der Waals surface area contributed by atoms with E-state index in [1.165, 1.54) is 12.1 Å². The molecule has 2 N–H and O–H groups in total. The molecule has 0 bridgehead atoms. The van der Waals surface area contributed by atoms with Gasteiger partial charge in [-0.1, -0.05) is 36.0 Å². The summed E-state index contributed by atoms with van der Waals surface area (Å²) in [6.07, 6.45) is 2.87. The number of nitrogens with one attached hydrogen (secondary N) is 1. The van der Waals surface area contributed by atoms with Crippen LogP contribution < -0.4 is 5.32 Å². The molecule has 1 aliphatic carbocycles. The monoisotopic (exact) mass is 330 g/mol. The van der Waals surface area contributed by atoms with E-state index in [4.69, 9.17) is 23.2 Å². The van der Waals surface area contributed by atoms with Crippen molar-refractivity contribution in [2.24, 2.45) is 5.41 Å². The fourth-order valence-corrected chi connectivity index (χ4v) is 2.96. The highest BCUT2D eigenvalue weighted by molar-refractivity contribution is 6.34. The Balaban J connectivity index is 2.21. The normalized spacial score (nSPS) is 25.4. The maximum atomic E-state index is 12.3. The first-order valence-corrected chi connectivity index (χ1v) is 7.46. The number of aliphatic carboxylic acids is 1. The Morgan fingerprint density at radius 1 is 1.38 bits per heavy atom. The van der Waals surface area contributed by atoms with E-state index in [2.05, 4.69) is 10.3 Å². The minimum Gasteiger partial charge on any atom is -0.481 e.